The standard InChI is InChI=1S/C26H24N6O5/c1-4-5-10-36-19-8-9-22-27-12-21(32(22)15-19)24(33)28-20-11-17(7-6-16(20)2)23-29-25(37-30-23)18-13-31(14-18)26(34)35-3/h6-9,11-12,15,18H,10,13-14H2,1-3H3,(H,28,33). The van der Waals surface area contributed by atoms with Crippen LogP contribution in [0.25, 0.3) is 17.0 Å². The van der Waals surface area contributed by atoms with Crippen LogP contribution in [0.3, 0.4) is 0 Å². The quantitative estimate of drug-likeness (QED) is 0.399. The summed E-state index contributed by atoms with van der Waals surface area (Å²) in [5.41, 5.74) is 3.13. The molecule has 37 heavy (non-hydrogen) atoms. The number of methoxy groups -OCH3 is 1. The molecule has 1 aliphatic heterocycles. The van der Waals surface area contributed by atoms with Crippen LogP contribution in [0, 0.1) is 18.8 Å². The molecule has 11 nitrogen and oxygen atoms in total. The number of imidazole rings is 1. The normalized spacial score (nSPS) is 13.0. The molecule has 2 amide bonds. The number of rotatable bonds is 6. The van der Waals surface area contributed by atoms with Gasteiger partial charge in [0.2, 0.25) is 11.7 Å². The molecule has 5 rings (SSSR count). The minimum atomic E-state index is -0.379. The van der Waals surface area contributed by atoms with E-state index >= 15 is 0 Å². The first-order valence-corrected chi connectivity index (χ1v) is 11.5. The molecule has 4 heterocycles. The molecule has 1 saturated heterocycles. The molecule has 3 aromatic heterocycles. The average Bonchev–Trinajstić information content (AvgIpc) is 3.52. The predicted octanol–water partition coefficient (Wildman–Crippen LogP) is 3.51. The number of nitrogens with one attached hydrogen (secondary N) is 1. The molecule has 1 aromatic carbocycles. The number of nitrogens with zero attached hydrogens (tertiary/aromatic N) is 5. The number of carbonyl (C=O) groups excluding carboxylic acids is 2. The Labute approximate surface area is 212 Å². The molecule has 0 saturated carbocycles. The number of carbonyl (C=O) groups is 2. The second kappa shape index (κ2) is 10.0. The van der Waals surface area contributed by atoms with E-state index in [1.165, 1.54) is 13.3 Å². The van der Waals surface area contributed by atoms with E-state index < -0.39 is 0 Å². The Bertz CT molecular complexity index is 1540. The van der Waals surface area contributed by atoms with Gasteiger partial charge in [0.05, 0.1) is 25.4 Å². The summed E-state index contributed by atoms with van der Waals surface area (Å²) < 4.78 is 17.4. The SMILES string of the molecule is CC#CCOc1ccc2ncc(C(=O)Nc3cc(-c4noc(C5CN(C(=O)OC)C5)n4)ccc3C)n2c1. The summed E-state index contributed by atoms with van der Waals surface area (Å²) in [6, 6.07) is 9.09. The summed E-state index contributed by atoms with van der Waals surface area (Å²) in [6.07, 6.45) is 2.84. The van der Waals surface area contributed by atoms with Crippen LogP contribution in [0.15, 0.2) is 47.2 Å². The molecule has 1 N–H and O–H groups in total. The van der Waals surface area contributed by atoms with E-state index in [-0.39, 0.29) is 24.5 Å². The monoisotopic (exact) mass is 500 g/mol. The van der Waals surface area contributed by atoms with Crippen LogP contribution in [0.4, 0.5) is 10.5 Å². The summed E-state index contributed by atoms with van der Waals surface area (Å²) in [7, 11) is 1.35. The molecule has 0 aliphatic carbocycles. The van der Waals surface area contributed by atoms with Gasteiger partial charge in [0.1, 0.15) is 23.7 Å². The highest BCUT2D eigenvalue weighted by molar-refractivity contribution is 6.04. The molecule has 188 valence electrons. The third kappa shape index (κ3) is 4.81. The first-order valence-electron chi connectivity index (χ1n) is 11.5. The number of aromatic nitrogens is 4. The molecule has 1 aliphatic rings. The van der Waals surface area contributed by atoms with E-state index in [0.717, 1.165) is 5.56 Å². The molecule has 0 radical (unpaired) electrons. The Morgan fingerprint density at radius 2 is 2.08 bits per heavy atom. The Balaban J connectivity index is 1.32. The van der Waals surface area contributed by atoms with Crippen molar-refractivity contribution < 1.29 is 23.6 Å². The number of anilines is 1. The van der Waals surface area contributed by atoms with Crippen molar-refractivity contribution in [2.75, 3.05) is 32.1 Å². The second-order valence-electron chi connectivity index (χ2n) is 8.46. The van der Waals surface area contributed by atoms with Gasteiger partial charge in [-0.3, -0.25) is 9.20 Å². The van der Waals surface area contributed by atoms with E-state index in [1.54, 1.807) is 40.6 Å². The van der Waals surface area contributed by atoms with E-state index in [2.05, 4.69) is 32.3 Å². The molecule has 0 spiro atoms. The van der Waals surface area contributed by atoms with E-state index in [0.29, 0.717) is 53.1 Å². The van der Waals surface area contributed by atoms with Crippen molar-refractivity contribution in [3.63, 3.8) is 0 Å². The maximum atomic E-state index is 13.2. The van der Waals surface area contributed by atoms with Crippen LogP contribution in [0.5, 0.6) is 5.75 Å². The van der Waals surface area contributed by atoms with Crippen molar-refractivity contribution in [2.45, 2.75) is 19.8 Å². The van der Waals surface area contributed by atoms with Gasteiger partial charge in [0.15, 0.2) is 0 Å². The highest BCUT2D eigenvalue weighted by Crippen LogP contribution is 2.29. The summed E-state index contributed by atoms with van der Waals surface area (Å²) in [5, 5.41) is 7.05. The Hall–Kier alpha value is -4.85. The number of hydrogen-bond acceptors (Lipinski definition) is 8. The zero-order valence-corrected chi connectivity index (χ0v) is 20.5. The van der Waals surface area contributed by atoms with E-state index in [4.69, 9.17) is 14.0 Å². The average molecular weight is 501 g/mol. The van der Waals surface area contributed by atoms with Gasteiger partial charge in [-0.2, -0.15) is 4.98 Å². The van der Waals surface area contributed by atoms with Crippen molar-refractivity contribution in [3.8, 4) is 29.0 Å². The molecular formula is C26H24N6O5. The van der Waals surface area contributed by atoms with Gasteiger partial charge in [-0.25, -0.2) is 9.78 Å². The van der Waals surface area contributed by atoms with Crippen LogP contribution in [-0.2, 0) is 4.74 Å². The summed E-state index contributed by atoms with van der Waals surface area (Å²) in [6.45, 7) is 4.81. The second-order valence-corrected chi connectivity index (χ2v) is 8.46. The first-order chi connectivity index (χ1) is 18.0. The van der Waals surface area contributed by atoms with Gasteiger partial charge in [0, 0.05) is 24.3 Å². The van der Waals surface area contributed by atoms with Gasteiger partial charge in [-0.15, -0.1) is 5.92 Å². The van der Waals surface area contributed by atoms with Crippen LogP contribution in [0.2, 0.25) is 0 Å². The number of pyridine rings is 1. The summed E-state index contributed by atoms with van der Waals surface area (Å²) in [4.78, 5) is 35.1. The Kier molecular flexibility index (Phi) is 6.47. The maximum Gasteiger partial charge on any atom is 0.409 e. The molecule has 0 bridgehead atoms. The first kappa shape index (κ1) is 23.9. The number of ether oxygens (including phenoxy) is 2. The fraction of sp³-hybridized carbons (Fsp3) is 0.269. The lowest BCUT2D eigenvalue weighted by atomic mass is 10.0. The lowest BCUT2D eigenvalue weighted by molar-refractivity contribution is 0.0804. The van der Waals surface area contributed by atoms with Crippen molar-refractivity contribution in [1.82, 2.24) is 24.4 Å². The zero-order valence-electron chi connectivity index (χ0n) is 20.5. The number of likely N-dealkylation sites (tertiary alicyclic amines) is 1. The van der Waals surface area contributed by atoms with Gasteiger partial charge >= 0.3 is 6.09 Å². The molecule has 11 heteroatoms. The van der Waals surface area contributed by atoms with Gasteiger partial charge < -0.3 is 24.2 Å². The minimum absolute atomic E-state index is 0.0389. The van der Waals surface area contributed by atoms with Gasteiger partial charge in [-0.1, -0.05) is 23.2 Å². The maximum absolute atomic E-state index is 13.2. The van der Waals surface area contributed by atoms with Crippen molar-refractivity contribution in [2.24, 2.45) is 0 Å². The van der Waals surface area contributed by atoms with E-state index in [1.807, 2.05) is 19.1 Å². The summed E-state index contributed by atoms with van der Waals surface area (Å²) >= 11 is 0. The summed E-state index contributed by atoms with van der Waals surface area (Å²) in [5.74, 6) is 6.68. The third-order valence-corrected chi connectivity index (χ3v) is 6.05. The topological polar surface area (TPSA) is 124 Å². The highest BCUT2D eigenvalue weighted by atomic mass is 16.5. The fourth-order valence-corrected chi connectivity index (χ4v) is 3.92. The zero-order chi connectivity index (χ0) is 25.9. The molecule has 1 fully saturated rings. The van der Waals surface area contributed by atoms with E-state index in [9.17, 15) is 9.59 Å². The van der Waals surface area contributed by atoms with Crippen molar-refractivity contribution in [1.29, 1.82) is 0 Å². The highest BCUT2D eigenvalue weighted by Gasteiger charge is 2.36. The number of hydrogen-bond donors (Lipinski definition) is 1. The smallest absolute Gasteiger partial charge is 0.409 e. The van der Waals surface area contributed by atoms with Gasteiger partial charge in [-0.05, 0) is 37.6 Å². The fourth-order valence-electron chi connectivity index (χ4n) is 3.92. The largest absolute Gasteiger partial charge is 0.479 e. The number of aryl methyl sites for hydroxylation is 1. The molecule has 0 atom stereocenters. The third-order valence-electron chi connectivity index (χ3n) is 6.05. The van der Waals surface area contributed by atoms with Crippen molar-refractivity contribution >= 4 is 23.3 Å². The van der Waals surface area contributed by atoms with Crippen molar-refractivity contribution in [3.05, 3.63) is 59.9 Å². The molecule has 4 aromatic rings. The number of benzene rings is 1. The Morgan fingerprint density at radius 3 is 2.86 bits per heavy atom. The lowest BCUT2D eigenvalue weighted by Gasteiger charge is -2.35. The molecule has 0 unspecified atom stereocenters. The minimum Gasteiger partial charge on any atom is -0.479 e. The number of amides is 2. The van der Waals surface area contributed by atoms with Crippen LogP contribution >= 0.6 is 0 Å². The molecular weight excluding hydrogens is 476 g/mol. The predicted molar refractivity (Wildman–Crippen MR) is 133 cm³/mol. The lowest BCUT2D eigenvalue weighted by Crippen LogP contribution is -2.48. The van der Waals surface area contributed by atoms with Crippen LogP contribution < -0.4 is 10.1 Å². The van der Waals surface area contributed by atoms with Gasteiger partial charge in [0.25, 0.3) is 5.91 Å². The van der Waals surface area contributed by atoms with Crippen LogP contribution in [0.1, 0.15) is 34.8 Å². The van der Waals surface area contributed by atoms with Crippen LogP contribution in [-0.4, -0.2) is 63.2 Å². The number of fused-ring (bicyclic) bond motifs is 1. The Morgan fingerprint density at radius 1 is 1.24 bits per heavy atom.